The molecule has 1 aliphatic heterocycles. The molecule has 1 amide bonds. The van der Waals surface area contributed by atoms with Gasteiger partial charge in [0.1, 0.15) is 0 Å². The van der Waals surface area contributed by atoms with Crippen LogP contribution in [0, 0.1) is 0 Å². The van der Waals surface area contributed by atoms with Crippen LogP contribution < -0.4 is 0 Å². The van der Waals surface area contributed by atoms with Crippen molar-refractivity contribution in [2.24, 2.45) is 0 Å². The van der Waals surface area contributed by atoms with Crippen LogP contribution in [0.25, 0.3) is 5.82 Å². The highest BCUT2D eigenvalue weighted by molar-refractivity contribution is 5.95. The van der Waals surface area contributed by atoms with Gasteiger partial charge in [0.05, 0.1) is 29.5 Å². The third-order valence-corrected chi connectivity index (χ3v) is 4.27. The van der Waals surface area contributed by atoms with E-state index < -0.39 is 40.9 Å². The van der Waals surface area contributed by atoms with Gasteiger partial charge in [-0.05, 0) is 26.0 Å². The molecular formula is C17H16F6N4O2. The van der Waals surface area contributed by atoms with E-state index in [1.807, 2.05) is 0 Å². The molecule has 1 saturated heterocycles. The lowest BCUT2D eigenvalue weighted by atomic mass is 10.1. The minimum atomic E-state index is -4.99. The van der Waals surface area contributed by atoms with Crippen molar-refractivity contribution < 1.29 is 35.9 Å². The average Bonchev–Trinajstić information content (AvgIpc) is 3.05. The van der Waals surface area contributed by atoms with Gasteiger partial charge >= 0.3 is 12.4 Å². The Balaban J connectivity index is 2.01. The topological polar surface area (TPSA) is 60.2 Å². The number of aromatic nitrogens is 3. The number of carbonyl (C=O) groups excluding carboxylic acids is 1. The minimum Gasteiger partial charge on any atom is -0.372 e. The summed E-state index contributed by atoms with van der Waals surface area (Å²) >= 11 is 0. The fraction of sp³-hybridized carbons (Fsp3) is 0.471. The molecule has 1 aliphatic rings. The van der Waals surface area contributed by atoms with Gasteiger partial charge in [-0.25, -0.2) is 9.67 Å². The third-order valence-electron chi connectivity index (χ3n) is 4.27. The lowest BCUT2D eigenvalue weighted by Crippen LogP contribution is -2.48. The van der Waals surface area contributed by atoms with Gasteiger partial charge < -0.3 is 9.64 Å². The zero-order valence-corrected chi connectivity index (χ0v) is 15.3. The highest BCUT2D eigenvalue weighted by Gasteiger charge is 2.42. The summed E-state index contributed by atoms with van der Waals surface area (Å²) in [6.45, 7) is 3.58. The molecule has 29 heavy (non-hydrogen) atoms. The number of pyridine rings is 1. The number of morpholine rings is 1. The number of alkyl halides is 6. The molecule has 0 saturated carbocycles. The van der Waals surface area contributed by atoms with Gasteiger partial charge in [-0.3, -0.25) is 4.79 Å². The monoisotopic (exact) mass is 422 g/mol. The molecule has 158 valence electrons. The number of ether oxygens (including phenoxy) is 1. The van der Waals surface area contributed by atoms with Crippen molar-refractivity contribution in [3.63, 3.8) is 0 Å². The molecule has 0 spiro atoms. The summed E-state index contributed by atoms with van der Waals surface area (Å²) < 4.78 is 84.9. The Labute approximate surface area is 161 Å². The van der Waals surface area contributed by atoms with Crippen molar-refractivity contribution in [2.75, 3.05) is 13.1 Å². The summed E-state index contributed by atoms with van der Waals surface area (Å²) in [5, 5.41) is 3.57. The smallest absolute Gasteiger partial charge is 0.372 e. The van der Waals surface area contributed by atoms with Crippen LogP contribution in [0.4, 0.5) is 26.3 Å². The lowest BCUT2D eigenvalue weighted by Gasteiger charge is -2.35. The predicted molar refractivity (Wildman–Crippen MR) is 87.3 cm³/mol. The van der Waals surface area contributed by atoms with Crippen LogP contribution in [0.5, 0.6) is 0 Å². The number of rotatable bonds is 2. The van der Waals surface area contributed by atoms with E-state index >= 15 is 0 Å². The first-order valence-corrected chi connectivity index (χ1v) is 8.51. The Kier molecular flexibility index (Phi) is 5.32. The first-order valence-electron chi connectivity index (χ1n) is 8.51. The van der Waals surface area contributed by atoms with E-state index in [-0.39, 0.29) is 25.3 Å². The molecule has 2 atom stereocenters. The lowest BCUT2D eigenvalue weighted by molar-refractivity contribution is -0.143. The maximum Gasteiger partial charge on any atom is 0.434 e. The molecule has 3 heterocycles. The Bertz CT molecular complexity index is 881. The van der Waals surface area contributed by atoms with Gasteiger partial charge in [-0.2, -0.15) is 31.4 Å². The van der Waals surface area contributed by atoms with Crippen LogP contribution in [0.1, 0.15) is 35.5 Å². The largest absolute Gasteiger partial charge is 0.434 e. The van der Waals surface area contributed by atoms with Crippen molar-refractivity contribution >= 4 is 5.91 Å². The average molecular weight is 422 g/mol. The number of carbonyl (C=O) groups is 1. The van der Waals surface area contributed by atoms with Crippen molar-refractivity contribution in [3.8, 4) is 5.82 Å². The summed E-state index contributed by atoms with van der Waals surface area (Å²) in [6, 6.07) is 1.36. The normalized spacial score (nSPS) is 20.8. The summed E-state index contributed by atoms with van der Waals surface area (Å²) in [4.78, 5) is 17.4. The molecule has 2 aromatic heterocycles. The van der Waals surface area contributed by atoms with Crippen molar-refractivity contribution in [3.05, 3.63) is 41.3 Å². The second-order valence-corrected chi connectivity index (χ2v) is 6.69. The number of nitrogens with zero attached hydrogens (tertiary/aromatic N) is 4. The molecule has 0 N–H and O–H groups in total. The summed E-state index contributed by atoms with van der Waals surface area (Å²) in [5.74, 6) is -1.38. The zero-order chi connectivity index (χ0) is 21.6. The van der Waals surface area contributed by atoms with Crippen molar-refractivity contribution in [2.45, 2.75) is 38.4 Å². The quantitative estimate of drug-likeness (QED) is 0.695. The van der Waals surface area contributed by atoms with Crippen LogP contribution in [0.2, 0.25) is 0 Å². The van der Waals surface area contributed by atoms with Crippen LogP contribution in [-0.2, 0) is 17.1 Å². The molecule has 6 nitrogen and oxygen atoms in total. The molecule has 0 aromatic carbocycles. The number of amides is 1. The van der Waals surface area contributed by atoms with E-state index in [0.717, 1.165) is 12.3 Å². The maximum absolute atomic E-state index is 13.7. The SMILES string of the molecule is C[C@@H]1CN(C(=O)c2cnn(-c3ccc(C(F)(F)F)cn3)c2C(F)(F)F)C[C@@H](C)O1. The molecular weight excluding hydrogens is 406 g/mol. The van der Waals surface area contributed by atoms with Crippen LogP contribution >= 0.6 is 0 Å². The molecule has 0 radical (unpaired) electrons. The summed E-state index contributed by atoms with van der Waals surface area (Å²) in [5.41, 5.74) is -3.23. The highest BCUT2D eigenvalue weighted by Crippen LogP contribution is 2.35. The first kappa shape index (κ1) is 21.1. The molecule has 12 heteroatoms. The fourth-order valence-corrected chi connectivity index (χ4v) is 3.14. The van der Waals surface area contributed by atoms with E-state index in [9.17, 15) is 31.1 Å². The molecule has 0 unspecified atom stereocenters. The Morgan fingerprint density at radius 2 is 1.66 bits per heavy atom. The minimum absolute atomic E-state index is 0.101. The first-order chi connectivity index (χ1) is 13.4. The second kappa shape index (κ2) is 7.32. The summed E-state index contributed by atoms with van der Waals surface area (Å²) in [6.07, 6.45) is -9.24. The molecule has 0 aliphatic carbocycles. The van der Waals surface area contributed by atoms with E-state index in [1.54, 1.807) is 13.8 Å². The number of halogens is 6. The van der Waals surface area contributed by atoms with Gasteiger partial charge in [-0.1, -0.05) is 0 Å². The van der Waals surface area contributed by atoms with Crippen molar-refractivity contribution in [1.29, 1.82) is 0 Å². The van der Waals surface area contributed by atoms with Gasteiger partial charge in [0, 0.05) is 19.3 Å². The maximum atomic E-state index is 13.7. The Hall–Kier alpha value is -2.63. The van der Waals surface area contributed by atoms with Crippen molar-refractivity contribution in [1.82, 2.24) is 19.7 Å². The standard InChI is InChI=1S/C17H16F6N4O2/c1-9-7-26(8-10(2)29-9)15(28)12-6-25-27(14(12)17(21,22)23)13-4-3-11(5-24-13)16(18,19)20/h3-6,9-10H,7-8H2,1-2H3/t9-,10-/m1/s1. The van der Waals surface area contributed by atoms with Crippen LogP contribution in [0.3, 0.4) is 0 Å². The van der Waals surface area contributed by atoms with Crippen LogP contribution in [-0.4, -0.2) is 50.9 Å². The summed E-state index contributed by atoms with van der Waals surface area (Å²) in [7, 11) is 0. The molecule has 3 rings (SSSR count). The Morgan fingerprint density at radius 3 is 2.14 bits per heavy atom. The van der Waals surface area contributed by atoms with E-state index in [0.29, 0.717) is 16.9 Å². The second-order valence-electron chi connectivity index (χ2n) is 6.69. The Morgan fingerprint density at radius 1 is 1.03 bits per heavy atom. The van der Waals surface area contributed by atoms with E-state index in [1.165, 1.54) is 4.90 Å². The van der Waals surface area contributed by atoms with Crippen LogP contribution in [0.15, 0.2) is 24.5 Å². The predicted octanol–water partition coefficient (Wildman–Crippen LogP) is 3.55. The van der Waals surface area contributed by atoms with Gasteiger partial charge in [-0.15, -0.1) is 0 Å². The fourth-order valence-electron chi connectivity index (χ4n) is 3.14. The number of hydrogen-bond acceptors (Lipinski definition) is 4. The number of hydrogen-bond donors (Lipinski definition) is 0. The van der Waals surface area contributed by atoms with E-state index in [4.69, 9.17) is 4.74 Å². The van der Waals surface area contributed by atoms with Gasteiger partial charge in [0.15, 0.2) is 11.5 Å². The zero-order valence-electron chi connectivity index (χ0n) is 15.3. The van der Waals surface area contributed by atoms with Gasteiger partial charge in [0.2, 0.25) is 0 Å². The molecule has 0 bridgehead atoms. The highest BCUT2D eigenvalue weighted by atomic mass is 19.4. The molecule has 1 fully saturated rings. The molecule has 2 aromatic rings. The third kappa shape index (κ3) is 4.36. The van der Waals surface area contributed by atoms with E-state index in [2.05, 4.69) is 10.1 Å². The van der Waals surface area contributed by atoms with Gasteiger partial charge in [0.25, 0.3) is 5.91 Å².